The maximum atomic E-state index is 15.0. The summed E-state index contributed by atoms with van der Waals surface area (Å²) in [6.07, 6.45) is 8.42. The highest BCUT2D eigenvalue weighted by molar-refractivity contribution is 5.73. The summed E-state index contributed by atoms with van der Waals surface area (Å²) in [6, 6.07) is 5.08. The van der Waals surface area contributed by atoms with Crippen molar-refractivity contribution in [1.82, 2.24) is 25.5 Å². The number of alkyl halides is 1. The topological polar surface area (TPSA) is 90.0 Å². The van der Waals surface area contributed by atoms with Crippen molar-refractivity contribution in [3.63, 3.8) is 0 Å². The summed E-state index contributed by atoms with van der Waals surface area (Å²) in [6.45, 7) is 2.17. The van der Waals surface area contributed by atoms with Gasteiger partial charge >= 0.3 is 0 Å². The van der Waals surface area contributed by atoms with Gasteiger partial charge in [-0.05, 0) is 43.9 Å². The maximum absolute atomic E-state index is 15.0. The molecule has 2 aliphatic rings. The predicted octanol–water partition coefficient (Wildman–Crippen LogP) is 3.30. The number of benzene rings is 1. The second-order valence-electron chi connectivity index (χ2n) is 8.66. The van der Waals surface area contributed by atoms with Gasteiger partial charge in [0, 0.05) is 36.0 Å². The summed E-state index contributed by atoms with van der Waals surface area (Å²) >= 11 is 0. The number of aromatic nitrogens is 4. The van der Waals surface area contributed by atoms with Crippen LogP contribution in [0.1, 0.15) is 26.2 Å². The Balaban J connectivity index is 1.37. The van der Waals surface area contributed by atoms with E-state index in [1.807, 2.05) is 24.1 Å². The van der Waals surface area contributed by atoms with Crippen molar-refractivity contribution in [1.29, 1.82) is 0 Å². The van der Waals surface area contributed by atoms with Crippen LogP contribution in [0.4, 0.5) is 10.2 Å². The molecular formula is C22H25FN6O. The number of halogens is 1. The molecule has 2 aliphatic heterocycles. The third-order valence-corrected chi connectivity index (χ3v) is 6.55. The highest BCUT2D eigenvalue weighted by Crippen LogP contribution is 2.39. The lowest BCUT2D eigenvalue weighted by molar-refractivity contribution is 0.144. The van der Waals surface area contributed by atoms with Gasteiger partial charge in [-0.1, -0.05) is 6.07 Å². The SMILES string of the molecule is CN(c1cnc(-c2ccc(-c3cn[nH]c3)cc2O)cn1)[C@@H]1C[C@@]2(C)CCC(N2)[C@@H]1F. The van der Waals surface area contributed by atoms with Gasteiger partial charge in [0.1, 0.15) is 17.7 Å². The number of nitrogens with one attached hydrogen (secondary N) is 2. The van der Waals surface area contributed by atoms with Gasteiger partial charge < -0.3 is 15.3 Å². The molecule has 0 spiro atoms. The summed E-state index contributed by atoms with van der Waals surface area (Å²) < 4.78 is 15.0. The molecule has 4 atom stereocenters. The van der Waals surface area contributed by atoms with Crippen LogP contribution in [0.25, 0.3) is 22.4 Å². The average molecular weight is 408 g/mol. The fraction of sp³-hybridized carbons (Fsp3) is 0.409. The lowest BCUT2D eigenvalue weighted by atomic mass is 9.87. The van der Waals surface area contributed by atoms with E-state index in [2.05, 4.69) is 32.4 Å². The molecule has 5 rings (SSSR count). The van der Waals surface area contributed by atoms with Crippen LogP contribution in [0, 0.1) is 0 Å². The zero-order valence-corrected chi connectivity index (χ0v) is 17.0. The molecule has 7 nitrogen and oxygen atoms in total. The Labute approximate surface area is 174 Å². The molecule has 0 amide bonds. The predicted molar refractivity (Wildman–Crippen MR) is 113 cm³/mol. The summed E-state index contributed by atoms with van der Waals surface area (Å²) in [5.74, 6) is 0.751. The monoisotopic (exact) mass is 408 g/mol. The molecule has 3 aromatic rings. The standard InChI is InChI=1S/C22H25FN6O/c1-22-6-5-16(28-22)21(23)18(8-22)29(2)20-12-24-17(11-25-20)15-4-3-13(7-19(15)30)14-9-26-27-10-14/h3-4,7,9-12,16,18,21,28,30H,5-6,8H2,1-2H3,(H,26,27)/t16?,18-,21+,22-/m1/s1. The first-order valence-corrected chi connectivity index (χ1v) is 10.2. The molecule has 156 valence electrons. The number of aromatic amines is 1. The van der Waals surface area contributed by atoms with Gasteiger partial charge in [0.15, 0.2) is 0 Å². The first kappa shape index (κ1) is 19.0. The molecule has 2 bridgehead atoms. The highest BCUT2D eigenvalue weighted by atomic mass is 19.1. The Morgan fingerprint density at radius 2 is 2.07 bits per heavy atom. The molecule has 0 radical (unpaired) electrons. The Morgan fingerprint density at radius 3 is 2.77 bits per heavy atom. The van der Waals surface area contributed by atoms with Crippen LogP contribution in [0.5, 0.6) is 5.75 Å². The van der Waals surface area contributed by atoms with Gasteiger partial charge in [-0.2, -0.15) is 5.10 Å². The first-order chi connectivity index (χ1) is 14.4. The molecule has 30 heavy (non-hydrogen) atoms. The minimum absolute atomic E-state index is 0.0118. The van der Waals surface area contributed by atoms with E-state index in [0.29, 0.717) is 17.1 Å². The van der Waals surface area contributed by atoms with Crippen LogP contribution in [-0.2, 0) is 0 Å². The molecule has 3 N–H and O–H groups in total. The Bertz CT molecular complexity index is 1040. The summed E-state index contributed by atoms with van der Waals surface area (Å²) in [4.78, 5) is 10.9. The fourth-order valence-electron chi connectivity index (χ4n) is 4.81. The van der Waals surface area contributed by atoms with E-state index < -0.39 is 6.17 Å². The third kappa shape index (κ3) is 3.21. The molecule has 2 fully saturated rings. The Hall–Kier alpha value is -3.00. The van der Waals surface area contributed by atoms with Crippen molar-refractivity contribution in [3.05, 3.63) is 43.0 Å². The van der Waals surface area contributed by atoms with Gasteiger partial charge in [-0.3, -0.25) is 10.1 Å². The minimum Gasteiger partial charge on any atom is -0.507 e. The number of phenolic OH excluding ortho intramolecular Hbond substituents is 1. The summed E-state index contributed by atoms with van der Waals surface area (Å²) in [5.41, 5.74) is 2.90. The van der Waals surface area contributed by atoms with E-state index in [1.54, 1.807) is 30.9 Å². The molecule has 1 aromatic carbocycles. The number of H-pyrrole nitrogens is 1. The number of fused-ring (bicyclic) bond motifs is 2. The first-order valence-electron chi connectivity index (χ1n) is 10.2. The highest BCUT2D eigenvalue weighted by Gasteiger charge is 2.49. The van der Waals surface area contributed by atoms with Crippen molar-refractivity contribution >= 4 is 5.82 Å². The lowest BCUT2D eigenvalue weighted by Gasteiger charge is -2.43. The number of nitrogens with zero attached hydrogens (tertiary/aromatic N) is 4. The largest absolute Gasteiger partial charge is 0.507 e. The van der Waals surface area contributed by atoms with Crippen molar-refractivity contribution in [3.8, 4) is 28.1 Å². The van der Waals surface area contributed by atoms with Crippen LogP contribution in [-0.4, -0.2) is 56.1 Å². The zero-order chi connectivity index (χ0) is 20.9. The summed E-state index contributed by atoms with van der Waals surface area (Å²) in [7, 11) is 1.88. The molecule has 0 saturated carbocycles. The average Bonchev–Trinajstić information content (AvgIpc) is 3.39. The molecule has 0 aliphatic carbocycles. The van der Waals surface area contributed by atoms with Crippen LogP contribution in [0.2, 0.25) is 0 Å². The number of aromatic hydroxyl groups is 1. The fourth-order valence-corrected chi connectivity index (χ4v) is 4.81. The maximum Gasteiger partial charge on any atom is 0.147 e. The van der Waals surface area contributed by atoms with Crippen LogP contribution < -0.4 is 10.2 Å². The van der Waals surface area contributed by atoms with E-state index in [0.717, 1.165) is 30.4 Å². The smallest absolute Gasteiger partial charge is 0.147 e. The second kappa shape index (κ2) is 7.05. The van der Waals surface area contributed by atoms with Gasteiger partial charge in [0.05, 0.1) is 30.3 Å². The van der Waals surface area contributed by atoms with Crippen molar-refractivity contribution < 1.29 is 9.50 Å². The van der Waals surface area contributed by atoms with E-state index >= 15 is 4.39 Å². The van der Waals surface area contributed by atoms with E-state index in [-0.39, 0.29) is 23.4 Å². The van der Waals surface area contributed by atoms with Gasteiger partial charge in [-0.25, -0.2) is 9.37 Å². The van der Waals surface area contributed by atoms with Crippen molar-refractivity contribution in [2.45, 2.75) is 50.0 Å². The lowest BCUT2D eigenvalue weighted by Crippen LogP contribution is -2.60. The molecular weight excluding hydrogens is 383 g/mol. The van der Waals surface area contributed by atoms with Crippen LogP contribution in [0.3, 0.4) is 0 Å². The molecule has 8 heteroatoms. The molecule has 4 heterocycles. The van der Waals surface area contributed by atoms with E-state index in [1.165, 1.54) is 0 Å². The van der Waals surface area contributed by atoms with Gasteiger partial charge in [0.2, 0.25) is 0 Å². The summed E-state index contributed by atoms with van der Waals surface area (Å²) in [5, 5.41) is 20.6. The van der Waals surface area contributed by atoms with E-state index in [4.69, 9.17) is 0 Å². The van der Waals surface area contributed by atoms with Gasteiger partial charge in [0.25, 0.3) is 0 Å². The minimum atomic E-state index is -0.938. The van der Waals surface area contributed by atoms with Crippen LogP contribution >= 0.6 is 0 Å². The molecule has 1 unspecified atom stereocenters. The quantitative estimate of drug-likeness (QED) is 0.614. The van der Waals surface area contributed by atoms with E-state index in [9.17, 15) is 5.11 Å². The van der Waals surface area contributed by atoms with Crippen molar-refractivity contribution in [2.24, 2.45) is 0 Å². The van der Waals surface area contributed by atoms with Crippen LogP contribution in [0.15, 0.2) is 43.0 Å². The number of hydrogen-bond donors (Lipinski definition) is 3. The number of anilines is 1. The zero-order valence-electron chi connectivity index (χ0n) is 17.0. The second-order valence-corrected chi connectivity index (χ2v) is 8.66. The molecule has 2 saturated heterocycles. The number of hydrogen-bond acceptors (Lipinski definition) is 6. The number of phenols is 1. The normalized spacial score (nSPS) is 27.9. The van der Waals surface area contributed by atoms with Crippen molar-refractivity contribution in [2.75, 3.05) is 11.9 Å². The van der Waals surface area contributed by atoms with Gasteiger partial charge in [-0.15, -0.1) is 0 Å². The third-order valence-electron chi connectivity index (χ3n) is 6.55. The Morgan fingerprint density at radius 1 is 1.20 bits per heavy atom. The number of rotatable bonds is 4. The Kier molecular flexibility index (Phi) is 4.47. The number of piperidine rings is 1. The molecule has 2 aromatic heterocycles.